The lowest BCUT2D eigenvalue weighted by atomic mass is 9.94. The van der Waals surface area contributed by atoms with Crippen LogP contribution in [0.4, 0.5) is 26.3 Å². The second-order valence-corrected chi connectivity index (χ2v) is 5.47. The summed E-state index contributed by atoms with van der Waals surface area (Å²) in [4.78, 5) is 11.8. The van der Waals surface area contributed by atoms with Gasteiger partial charge in [0.15, 0.2) is 0 Å². The van der Waals surface area contributed by atoms with Crippen LogP contribution in [0.1, 0.15) is 29.2 Å². The minimum absolute atomic E-state index is 0.00773. The van der Waals surface area contributed by atoms with Crippen LogP contribution in [0.3, 0.4) is 0 Å². The summed E-state index contributed by atoms with van der Waals surface area (Å²) in [5, 5.41) is 0. The number of carbonyl (C=O) groups is 1. The molecule has 0 fully saturated rings. The van der Waals surface area contributed by atoms with E-state index >= 15 is 0 Å². The predicted molar refractivity (Wildman–Crippen MR) is 86.6 cm³/mol. The first-order valence-corrected chi connectivity index (χ1v) is 7.76. The first kappa shape index (κ1) is 20.5. The average molecular weight is 388 g/mol. The molecule has 0 bridgehead atoms. The highest BCUT2D eigenvalue weighted by Crippen LogP contribution is 2.35. The van der Waals surface area contributed by atoms with Crippen molar-refractivity contribution in [3.8, 4) is 0 Å². The van der Waals surface area contributed by atoms with Crippen LogP contribution in [0.25, 0.3) is 5.57 Å². The fourth-order valence-electron chi connectivity index (χ4n) is 2.36. The number of benzene rings is 2. The molecule has 0 aliphatic heterocycles. The van der Waals surface area contributed by atoms with E-state index in [0.717, 1.165) is 42.5 Å². The summed E-state index contributed by atoms with van der Waals surface area (Å²) in [7, 11) is 0. The minimum Gasteiger partial charge on any atom is -0.463 e. The quantitative estimate of drug-likeness (QED) is 0.381. The third-order valence-electron chi connectivity index (χ3n) is 3.55. The van der Waals surface area contributed by atoms with Crippen molar-refractivity contribution in [3.05, 3.63) is 76.9 Å². The largest absolute Gasteiger partial charge is 0.463 e. The Bertz CT molecular complexity index is 790. The molecule has 0 amide bonds. The van der Waals surface area contributed by atoms with Gasteiger partial charge in [0.25, 0.3) is 0 Å². The smallest absolute Gasteiger partial charge is 0.416 e. The Hall–Kier alpha value is -2.77. The topological polar surface area (TPSA) is 26.3 Å². The number of rotatable bonds is 4. The Morgan fingerprint density at radius 1 is 0.889 bits per heavy atom. The van der Waals surface area contributed by atoms with E-state index in [1.807, 2.05) is 0 Å². The Labute approximate surface area is 151 Å². The summed E-state index contributed by atoms with van der Waals surface area (Å²) >= 11 is 0. The van der Waals surface area contributed by atoms with Crippen molar-refractivity contribution in [2.45, 2.75) is 19.3 Å². The zero-order valence-corrected chi connectivity index (χ0v) is 14.0. The van der Waals surface area contributed by atoms with Gasteiger partial charge >= 0.3 is 18.3 Å². The summed E-state index contributed by atoms with van der Waals surface area (Å²) in [6.45, 7) is 1.54. The number of halogens is 6. The summed E-state index contributed by atoms with van der Waals surface area (Å²) in [6, 6.07) is 7.99. The van der Waals surface area contributed by atoms with Crippen molar-refractivity contribution in [1.29, 1.82) is 0 Å². The zero-order valence-electron chi connectivity index (χ0n) is 14.0. The highest BCUT2D eigenvalue weighted by Gasteiger charge is 2.32. The van der Waals surface area contributed by atoms with Gasteiger partial charge in [0.05, 0.1) is 17.7 Å². The van der Waals surface area contributed by atoms with Crippen molar-refractivity contribution >= 4 is 11.5 Å². The molecule has 0 aliphatic rings. The van der Waals surface area contributed by atoms with Crippen LogP contribution in [-0.4, -0.2) is 12.6 Å². The van der Waals surface area contributed by atoms with Gasteiger partial charge in [-0.2, -0.15) is 26.3 Å². The van der Waals surface area contributed by atoms with E-state index in [4.69, 9.17) is 4.74 Å². The second kappa shape index (κ2) is 7.85. The molecule has 0 saturated heterocycles. The van der Waals surface area contributed by atoms with Gasteiger partial charge in [0.1, 0.15) is 0 Å². The summed E-state index contributed by atoms with van der Waals surface area (Å²) in [5.74, 6) is -0.873. The molecule has 0 spiro atoms. The molecule has 2 nitrogen and oxygen atoms in total. The van der Waals surface area contributed by atoms with Crippen molar-refractivity contribution in [1.82, 2.24) is 0 Å². The first-order chi connectivity index (χ1) is 12.5. The predicted octanol–water partition coefficient (Wildman–Crippen LogP) is 5.72. The molecule has 0 unspecified atom stereocenters. The van der Waals surface area contributed by atoms with Crippen molar-refractivity contribution in [2.75, 3.05) is 6.61 Å². The first-order valence-electron chi connectivity index (χ1n) is 7.76. The molecule has 0 atom stereocenters. The van der Waals surface area contributed by atoms with Gasteiger partial charge in [-0.3, -0.25) is 0 Å². The van der Waals surface area contributed by atoms with Gasteiger partial charge in [0, 0.05) is 6.08 Å². The van der Waals surface area contributed by atoms with Crippen molar-refractivity contribution < 1.29 is 35.9 Å². The van der Waals surface area contributed by atoms with Crippen LogP contribution in [0, 0.1) is 0 Å². The summed E-state index contributed by atoms with van der Waals surface area (Å²) in [5.41, 5.74) is -2.19. The van der Waals surface area contributed by atoms with E-state index in [-0.39, 0.29) is 23.3 Å². The van der Waals surface area contributed by atoms with E-state index in [1.54, 1.807) is 0 Å². The fraction of sp³-hybridized carbons (Fsp3) is 0.211. The van der Waals surface area contributed by atoms with Gasteiger partial charge < -0.3 is 4.74 Å². The second-order valence-electron chi connectivity index (χ2n) is 5.47. The number of carbonyl (C=O) groups excluding carboxylic acids is 1. The number of alkyl halides is 6. The highest BCUT2D eigenvalue weighted by atomic mass is 19.4. The van der Waals surface area contributed by atoms with Gasteiger partial charge in [0.2, 0.25) is 0 Å². The van der Waals surface area contributed by atoms with E-state index in [0.29, 0.717) is 0 Å². The minimum atomic E-state index is -4.64. The molecule has 0 saturated carbocycles. The molecule has 0 heterocycles. The van der Waals surface area contributed by atoms with Crippen molar-refractivity contribution in [2.24, 2.45) is 0 Å². The van der Waals surface area contributed by atoms with Crippen LogP contribution >= 0.6 is 0 Å². The van der Waals surface area contributed by atoms with Crippen LogP contribution < -0.4 is 0 Å². The molecular weight excluding hydrogens is 374 g/mol. The van der Waals surface area contributed by atoms with E-state index < -0.39 is 29.4 Å². The van der Waals surface area contributed by atoms with Crippen LogP contribution in [0.5, 0.6) is 0 Å². The third kappa shape index (κ3) is 5.35. The molecule has 0 aliphatic carbocycles. The maximum absolute atomic E-state index is 13.0. The molecule has 2 rings (SSSR count). The van der Waals surface area contributed by atoms with Crippen LogP contribution in [-0.2, 0) is 21.9 Å². The summed E-state index contributed by atoms with van der Waals surface area (Å²) in [6.07, 6.45) is -8.40. The Balaban J connectivity index is 2.62. The average Bonchev–Trinajstić information content (AvgIpc) is 2.59. The molecule has 0 radical (unpaired) electrons. The van der Waals surface area contributed by atoms with E-state index in [2.05, 4.69) is 0 Å². The normalized spacial score (nSPS) is 11.8. The lowest BCUT2D eigenvalue weighted by Crippen LogP contribution is -2.07. The van der Waals surface area contributed by atoms with Gasteiger partial charge in [-0.25, -0.2) is 4.79 Å². The van der Waals surface area contributed by atoms with Gasteiger partial charge in [-0.1, -0.05) is 24.3 Å². The Morgan fingerprint density at radius 3 is 1.70 bits per heavy atom. The molecule has 2 aromatic rings. The van der Waals surface area contributed by atoms with Crippen molar-refractivity contribution in [3.63, 3.8) is 0 Å². The SMILES string of the molecule is CCOC(=O)C=C(c1cccc(C(F)(F)F)c1)c1cccc(C(F)(F)F)c1. The number of ether oxygens (including phenoxy) is 1. The fourth-order valence-corrected chi connectivity index (χ4v) is 2.36. The molecule has 8 heteroatoms. The van der Waals surface area contributed by atoms with Gasteiger partial charge in [-0.05, 0) is 47.9 Å². The molecule has 0 N–H and O–H groups in total. The lowest BCUT2D eigenvalue weighted by Gasteiger charge is -2.14. The van der Waals surface area contributed by atoms with E-state index in [9.17, 15) is 31.1 Å². The Kier molecular flexibility index (Phi) is 5.98. The number of esters is 1. The standard InChI is InChI=1S/C19H14F6O2/c1-2-27-17(26)11-16(12-5-3-7-14(9-12)18(20,21)22)13-6-4-8-15(10-13)19(23,24)25/h3-11H,2H2,1H3. The molecule has 144 valence electrons. The molecule has 2 aromatic carbocycles. The molecular formula is C19H14F6O2. The molecule has 27 heavy (non-hydrogen) atoms. The number of hydrogen-bond acceptors (Lipinski definition) is 2. The third-order valence-corrected chi connectivity index (χ3v) is 3.55. The molecule has 0 aromatic heterocycles. The highest BCUT2D eigenvalue weighted by molar-refractivity contribution is 5.96. The maximum Gasteiger partial charge on any atom is 0.416 e. The van der Waals surface area contributed by atoms with Crippen LogP contribution in [0.2, 0.25) is 0 Å². The lowest BCUT2D eigenvalue weighted by molar-refractivity contribution is -0.138. The Morgan fingerprint density at radius 2 is 1.33 bits per heavy atom. The van der Waals surface area contributed by atoms with Gasteiger partial charge in [-0.15, -0.1) is 0 Å². The van der Waals surface area contributed by atoms with Crippen LogP contribution in [0.15, 0.2) is 54.6 Å². The summed E-state index contributed by atoms with van der Waals surface area (Å²) < 4.78 is 82.6. The monoisotopic (exact) mass is 388 g/mol. The van der Waals surface area contributed by atoms with E-state index in [1.165, 1.54) is 19.1 Å². The zero-order chi connectivity index (χ0) is 20.2. The number of hydrogen-bond donors (Lipinski definition) is 0. The maximum atomic E-state index is 13.0.